The van der Waals surface area contributed by atoms with Crippen LogP contribution in [0.1, 0.15) is 43.3 Å². The lowest BCUT2D eigenvalue weighted by molar-refractivity contribution is 0.0179. The summed E-state index contributed by atoms with van der Waals surface area (Å²) in [7, 11) is 0. The van der Waals surface area contributed by atoms with Crippen molar-refractivity contribution in [3.63, 3.8) is 0 Å². The number of hydrogen-bond donors (Lipinski definition) is 2. The van der Waals surface area contributed by atoms with Crippen LogP contribution in [0.15, 0.2) is 36.4 Å². The van der Waals surface area contributed by atoms with Gasteiger partial charge in [-0.05, 0) is 37.0 Å². The summed E-state index contributed by atoms with van der Waals surface area (Å²) in [6.07, 6.45) is 1.65. The third-order valence-electron chi connectivity index (χ3n) is 4.26. The van der Waals surface area contributed by atoms with Crippen LogP contribution in [-0.4, -0.2) is 30.2 Å². The van der Waals surface area contributed by atoms with Gasteiger partial charge in [0.05, 0.1) is 17.0 Å². The van der Waals surface area contributed by atoms with Gasteiger partial charge in [-0.1, -0.05) is 30.3 Å². The molecule has 0 spiro atoms. The standard InChI is InChI=1S/C18H19NO4S/c1-12-10-14(24-15(12)17(21)22)16(20)19-18(8-5-9-23-11-18)13-6-3-2-4-7-13/h2-4,6-7,10H,5,8-9,11H2,1H3,(H,19,20)(H,21,22). The molecule has 2 heterocycles. The monoisotopic (exact) mass is 345 g/mol. The molecule has 2 N–H and O–H groups in total. The van der Waals surface area contributed by atoms with E-state index in [1.54, 1.807) is 13.0 Å². The van der Waals surface area contributed by atoms with Gasteiger partial charge in [-0.2, -0.15) is 0 Å². The molecule has 24 heavy (non-hydrogen) atoms. The first kappa shape index (κ1) is 16.7. The molecule has 1 unspecified atom stereocenters. The van der Waals surface area contributed by atoms with Crippen LogP contribution in [0.5, 0.6) is 0 Å². The van der Waals surface area contributed by atoms with Gasteiger partial charge in [-0.15, -0.1) is 11.3 Å². The number of carbonyl (C=O) groups is 2. The van der Waals surface area contributed by atoms with Crippen molar-refractivity contribution in [1.29, 1.82) is 0 Å². The summed E-state index contributed by atoms with van der Waals surface area (Å²) in [5, 5.41) is 12.3. The maximum atomic E-state index is 12.7. The van der Waals surface area contributed by atoms with Crippen LogP contribution in [0.25, 0.3) is 0 Å². The van der Waals surface area contributed by atoms with Crippen molar-refractivity contribution >= 4 is 23.2 Å². The summed E-state index contributed by atoms with van der Waals surface area (Å²) in [5.74, 6) is -1.26. The van der Waals surface area contributed by atoms with Crippen LogP contribution < -0.4 is 5.32 Å². The lowest BCUT2D eigenvalue weighted by atomic mass is 9.84. The van der Waals surface area contributed by atoms with E-state index < -0.39 is 11.5 Å². The first-order valence-electron chi connectivity index (χ1n) is 7.81. The van der Waals surface area contributed by atoms with Crippen LogP contribution in [0.4, 0.5) is 0 Å². The topological polar surface area (TPSA) is 75.6 Å². The molecule has 3 rings (SSSR count). The fourth-order valence-electron chi connectivity index (χ4n) is 3.04. The zero-order valence-electron chi connectivity index (χ0n) is 13.4. The predicted octanol–water partition coefficient (Wildman–Crippen LogP) is 3.19. The van der Waals surface area contributed by atoms with E-state index in [-0.39, 0.29) is 10.8 Å². The molecule has 1 amide bonds. The molecule has 0 bridgehead atoms. The van der Waals surface area contributed by atoms with Crippen molar-refractivity contribution in [2.45, 2.75) is 25.3 Å². The number of amides is 1. The summed E-state index contributed by atoms with van der Waals surface area (Å²) in [5.41, 5.74) is 1.04. The minimum atomic E-state index is -1.00. The van der Waals surface area contributed by atoms with E-state index in [4.69, 9.17) is 9.84 Å². The van der Waals surface area contributed by atoms with E-state index in [9.17, 15) is 9.59 Å². The number of carboxylic acid groups (broad SMARTS) is 1. The minimum Gasteiger partial charge on any atom is -0.477 e. The Balaban J connectivity index is 1.89. The van der Waals surface area contributed by atoms with Gasteiger partial charge in [0.2, 0.25) is 0 Å². The molecule has 1 aromatic heterocycles. The van der Waals surface area contributed by atoms with Gasteiger partial charge in [0, 0.05) is 6.61 Å². The lowest BCUT2D eigenvalue weighted by Gasteiger charge is -2.38. The largest absolute Gasteiger partial charge is 0.477 e. The summed E-state index contributed by atoms with van der Waals surface area (Å²) >= 11 is 1.01. The Morgan fingerprint density at radius 2 is 2.04 bits per heavy atom. The SMILES string of the molecule is Cc1cc(C(=O)NC2(c3ccccc3)CCCOC2)sc1C(=O)O. The number of aromatic carboxylic acids is 1. The zero-order valence-corrected chi connectivity index (χ0v) is 14.2. The minimum absolute atomic E-state index is 0.203. The number of carboxylic acids is 1. The highest BCUT2D eigenvalue weighted by Gasteiger charge is 2.37. The van der Waals surface area contributed by atoms with Gasteiger partial charge < -0.3 is 15.2 Å². The Morgan fingerprint density at radius 1 is 1.29 bits per heavy atom. The number of nitrogens with one attached hydrogen (secondary N) is 1. The molecule has 6 heteroatoms. The second-order valence-electron chi connectivity index (χ2n) is 5.99. The smallest absolute Gasteiger partial charge is 0.346 e. The van der Waals surface area contributed by atoms with Gasteiger partial charge in [-0.3, -0.25) is 4.79 Å². The van der Waals surface area contributed by atoms with E-state index >= 15 is 0 Å². The van der Waals surface area contributed by atoms with E-state index in [0.717, 1.165) is 29.7 Å². The normalized spacial score (nSPS) is 20.5. The first-order valence-corrected chi connectivity index (χ1v) is 8.63. The zero-order chi connectivity index (χ0) is 17.2. The Bertz CT molecular complexity index is 748. The number of thiophene rings is 1. The Morgan fingerprint density at radius 3 is 2.62 bits per heavy atom. The van der Waals surface area contributed by atoms with Crippen LogP contribution in [-0.2, 0) is 10.3 Å². The highest BCUT2D eigenvalue weighted by molar-refractivity contribution is 7.16. The summed E-state index contributed by atoms with van der Waals surface area (Å²) in [6.45, 7) is 2.80. The fourth-order valence-corrected chi connectivity index (χ4v) is 3.94. The average Bonchev–Trinajstić information content (AvgIpc) is 2.99. The molecule has 0 radical (unpaired) electrons. The van der Waals surface area contributed by atoms with Crippen LogP contribution >= 0.6 is 11.3 Å². The molecule has 1 atom stereocenters. The molecule has 1 aromatic carbocycles. The van der Waals surface area contributed by atoms with Gasteiger partial charge in [0.15, 0.2) is 0 Å². The van der Waals surface area contributed by atoms with Crippen LogP contribution in [0, 0.1) is 6.92 Å². The molecule has 126 valence electrons. The highest BCUT2D eigenvalue weighted by Crippen LogP contribution is 2.32. The van der Waals surface area contributed by atoms with Crippen LogP contribution in [0.3, 0.4) is 0 Å². The van der Waals surface area contributed by atoms with E-state index in [2.05, 4.69) is 5.32 Å². The third-order valence-corrected chi connectivity index (χ3v) is 5.48. The molecular formula is C18H19NO4S. The van der Waals surface area contributed by atoms with Crippen LogP contribution in [0.2, 0.25) is 0 Å². The Kier molecular flexibility index (Phi) is 4.69. The molecule has 5 nitrogen and oxygen atoms in total. The van der Waals surface area contributed by atoms with Crippen molar-refractivity contribution in [3.05, 3.63) is 57.3 Å². The van der Waals surface area contributed by atoms with Crippen molar-refractivity contribution in [2.24, 2.45) is 0 Å². The summed E-state index contributed by atoms with van der Waals surface area (Å²) in [4.78, 5) is 24.5. The molecule has 1 saturated heterocycles. The number of carbonyl (C=O) groups excluding carboxylic acids is 1. The average molecular weight is 345 g/mol. The summed E-state index contributed by atoms with van der Waals surface area (Å²) in [6, 6.07) is 11.4. The maximum Gasteiger partial charge on any atom is 0.346 e. The fraction of sp³-hybridized carbons (Fsp3) is 0.333. The van der Waals surface area contributed by atoms with Crippen molar-refractivity contribution in [2.75, 3.05) is 13.2 Å². The Hall–Kier alpha value is -2.18. The molecule has 1 aliphatic rings. The molecule has 2 aromatic rings. The number of hydrogen-bond acceptors (Lipinski definition) is 4. The highest BCUT2D eigenvalue weighted by atomic mass is 32.1. The van der Waals surface area contributed by atoms with Gasteiger partial charge in [0.1, 0.15) is 4.88 Å². The number of benzene rings is 1. The van der Waals surface area contributed by atoms with Crippen molar-refractivity contribution in [3.8, 4) is 0 Å². The number of ether oxygens (including phenoxy) is 1. The maximum absolute atomic E-state index is 12.7. The molecule has 0 saturated carbocycles. The second kappa shape index (κ2) is 6.75. The molecule has 1 aliphatic heterocycles. The van der Waals surface area contributed by atoms with Gasteiger partial charge >= 0.3 is 5.97 Å². The van der Waals surface area contributed by atoms with E-state index in [0.29, 0.717) is 23.7 Å². The van der Waals surface area contributed by atoms with Gasteiger partial charge in [0.25, 0.3) is 5.91 Å². The second-order valence-corrected chi connectivity index (χ2v) is 7.04. The summed E-state index contributed by atoms with van der Waals surface area (Å²) < 4.78 is 5.64. The van der Waals surface area contributed by atoms with E-state index in [1.165, 1.54) is 0 Å². The van der Waals surface area contributed by atoms with E-state index in [1.807, 2.05) is 30.3 Å². The Labute approximate surface area is 144 Å². The molecular weight excluding hydrogens is 326 g/mol. The number of aryl methyl sites for hydroxylation is 1. The molecule has 1 fully saturated rings. The van der Waals surface area contributed by atoms with Crippen molar-refractivity contribution < 1.29 is 19.4 Å². The van der Waals surface area contributed by atoms with Crippen molar-refractivity contribution in [1.82, 2.24) is 5.32 Å². The number of rotatable bonds is 4. The molecule has 0 aliphatic carbocycles. The first-order chi connectivity index (χ1) is 11.5. The lowest BCUT2D eigenvalue weighted by Crippen LogP contribution is -2.51. The predicted molar refractivity (Wildman–Crippen MR) is 91.7 cm³/mol. The quantitative estimate of drug-likeness (QED) is 0.892. The third kappa shape index (κ3) is 3.20. The van der Waals surface area contributed by atoms with Gasteiger partial charge in [-0.25, -0.2) is 4.79 Å².